The molecule has 0 saturated heterocycles. The van der Waals surface area contributed by atoms with Gasteiger partial charge in [0.2, 0.25) is 0 Å². The molecule has 0 atom stereocenters. The number of carboxylic acids is 1. The Kier molecular flexibility index (Phi) is 8.37. The molecular formula is C23H21ClN2O5S2. The van der Waals surface area contributed by atoms with Gasteiger partial charge in [0.1, 0.15) is 0 Å². The Labute approximate surface area is 201 Å². The molecule has 0 aromatic heterocycles. The first kappa shape index (κ1) is 24.6. The normalized spacial score (nSPS) is 11.1. The van der Waals surface area contributed by atoms with Crippen molar-refractivity contribution in [3.8, 4) is 0 Å². The number of hydrogen-bond acceptors (Lipinski definition) is 5. The van der Waals surface area contributed by atoms with Gasteiger partial charge in [0.25, 0.3) is 15.9 Å². The van der Waals surface area contributed by atoms with E-state index in [-0.39, 0.29) is 22.6 Å². The van der Waals surface area contributed by atoms with Crippen LogP contribution in [0.2, 0.25) is 5.02 Å². The second-order valence-corrected chi connectivity index (χ2v) is 10.2. The van der Waals surface area contributed by atoms with E-state index in [1.54, 1.807) is 48.5 Å². The van der Waals surface area contributed by atoms with Crippen molar-refractivity contribution in [2.75, 3.05) is 15.8 Å². The Bertz CT molecular complexity index is 1250. The monoisotopic (exact) mass is 504 g/mol. The average Bonchev–Trinajstić information content (AvgIpc) is 2.78. The van der Waals surface area contributed by atoms with E-state index in [0.717, 1.165) is 5.56 Å². The maximum Gasteiger partial charge on any atom is 0.304 e. The highest BCUT2D eigenvalue weighted by Gasteiger charge is 2.19. The number of anilines is 2. The Morgan fingerprint density at radius 1 is 0.970 bits per heavy atom. The van der Waals surface area contributed by atoms with Gasteiger partial charge in [0.05, 0.1) is 22.6 Å². The summed E-state index contributed by atoms with van der Waals surface area (Å²) >= 11 is 7.27. The number of sulfonamides is 1. The zero-order valence-corrected chi connectivity index (χ0v) is 19.7. The minimum atomic E-state index is -3.97. The van der Waals surface area contributed by atoms with E-state index < -0.39 is 21.9 Å². The minimum Gasteiger partial charge on any atom is -0.481 e. The molecule has 1 amide bonds. The molecule has 33 heavy (non-hydrogen) atoms. The molecule has 7 nitrogen and oxygen atoms in total. The van der Waals surface area contributed by atoms with Crippen LogP contribution in [0, 0.1) is 0 Å². The number of para-hydroxylation sites is 1. The van der Waals surface area contributed by atoms with E-state index in [0.29, 0.717) is 22.2 Å². The number of amides is 1. The number of rotatable bonds is 10. The Hall–Kier alpha value is -3.01. The lowest BCUT2D eigenvalue weighted by molar-refractivity contribution is -0.136. The van der Waals surface area contributed by atoms with Crippen LogP contribution in [-0.2, 0) is 20.6 Å². The van der Waals surface area contributed by atoms with Crippen molar-refractivity contribution < 1.29 is 23.1 Å². The van der Waals surface area contributed by atoms with Gasteiger partial charge in [-0.15, -0.1) is 0 Å². The second kappa shape index (κ2) is 11.2. The highest BCUT2D eigenvalue weighted by atomic mass is 35.5. The maximum absolute atomic E-state index is 13.0. The van der Waals surface area contributed by atoms with Gasteiger partial charge in [-0.3, -0.25) is 14.3 Å². The lowest BCUT2D eigenvalue weighted by atomic mass is 10.1. The number of carbonyl (C=O) groups is 2. The third-order valence-electron chi connectivity index (χ3n) is 4.46. The lowest BCUT2D eigenvalue weighted by Gasteiger charge is -2.13. The average molecular weight is 505 g/mol. The van der Waals surface area contributed by atoms with Crippen LogP contribution >= 0.6 is 23.4 Å². The molecule has 172 valence electrons. The Morgan fingerprint density at radius 2 is 1.70 bits per heavy atom. The molecule has 0 bridgehead atoms. The lowest BCUT2D eigenvalue weighted by Crippen LogP contribution is -2.18. The van der Waals surface area contributed by atoms with Crippen LogP contribution in [0.15, 0.2) is 77.7 Å². The predicted octanol–water partition coefficient (Wildman–Crippen LogP) is 5.10. The van der Waals surface area contributed by atoms with Crippen LogP contribution in [0.25, 0.3) is 0 Å². The Morgan fingerprint density at radius 3 is 2.42 bits per heavy atom. The highest BCUT2D eigenvalue weighted by Crippen LogP contribution is 2.23. The van der Waals surface area contributed by atoms with Crippen molar-refractivity contribution in [3.05, 3.63) is 88.9 Å². The van der Waals surface area contributed by atoms with Gasteiger partial charge in [-0.05, 0) is 54.1 Å². The summed E-state index contributed by atoms with van der Waals surface area (Å²) in [6.45, 7) is 0. The van der Waals surface area contributed by atoms with Crippen molar-refractivity contribution in [3.63, 3.8) is 0 Å². The molecule has 3 rings (SSSR count). The van der Waals surface area contributed by atoms with Gasteiger partial charge >= 0.3 is 5.97 Å². The summed E-state index contributed by atoms with van der Waals surface area (Å²) in [7, 11) is -3.97. The van der Waals surface area contributed by atoms with Gasteiger partial charge < -0.3 is 10.4 Å². The topological polar surface area (TPSA) is 113 Å². The Balaban J connectivity index is 1.75. The standard InChI is InChI=1S/C23H21ClN2O5S2/c24-17-8-10-18(11-9-17)25-23(29)20-6-1-2-7-21(20)26-33(30,31)19-5-3-4-16(14-19)15-32-13-12-22(27)28/h1-11,14,26H,12-13,15H2,(H,25,29)(H,27,28). The summed E-state index contributed by atoms with van der Waals surface area (Å²) < 4.78 is 28.5. The van der Waals surface area contributed by atoms with Crippen LogP contribution < -0.4 is 10.0 Å². The summed E-state index contributed by atoms with van der Waals surface area (Å²) in [4.78, 5) is 23.4. The van der Waals surface area contributed by atoms with Crippen molar-refractivity contribution in [1.82, 2.24) is 0 Å². The van der Waals surface area contributed by atoms with Crippen LogP contribution in [0.5, 0.6) is 0 Å². The molecule has 0 aliphatic carbocycles. The van der Waals surface area contributed by atoms with Crippen molar-refractivity contribution in [1.29, 1.82) is 0 Å². The molecule has 0 radical (unpaired) electrons. The third kappa shape index (κ3) is 7.24. The van der Waals surface area contributed by atoms with Crippen LogP contribution in [0.4, 0.5) is 11.4 Å². The molecular weight excluding hydrogens is 484 g/mol. The quantitative estimate of drug-likeness (QED) is 0.331. The minimum absolute atomic E-state index is 0.0408. The van der Waals surface area contributed by atoms with Crippen LogP contribution in [-0.4, -0.2) is 31.2 Å². The number of carbonyl (C=O) groups excluding carboxylic acids is 1. The number of nitrogens with one attached hydrogen (secondary N) is 2. The van der Waals surface area contributed by atoms with E-state index >= 15 is 0 Å². The van der Waals surface area contributed by atoms with Gasteiger partial charge in [0.15, 0.2) is 0 Å². The summed E-state index contributed by atoms with van der Waals surface area (Å²) in [5, 5.41) is 12.0. The summed E-state index contributed by atoms with van der Waals surface area (Å²) in [5.74, 6) is -0.432. The SMILES string of the molecule is O=C(O)CCSCc1cccc(S(=O)(=O)Nc2ccccc2C(=O)Nc2ccc(Cl)cc2)c1. The first-order chi connectivity index (χ1) is 15.7. The largest absolute Gasteiger partial charge is 0.481 e. The second-order valence-electron chi connectivity index (χ2n) is 6.96. The zero-order chi connectivity index (χ0) is 23.8. The fraction of sp³-hybridized carbons (Fsp3) is 0.130. The molecule has 0 heterocycles. The van der Waals surface area contributed by atoms with Crippen molar-refractivity contribution in [2.45, 2.75) is 17.1 Å². The number of aliphatic carboxylic acids is 1. The number of hydrogen-bond donors (Lipinski definition) is 3. The first-order valence-corrected chi connectivity index (χ1v) is 12.8. The maximum atomic E-state index is 13.0. The van der Waals surface area contributed by atoms with Gasteiger partial charge in [-0.25, -0.2) is 8.42 Å². The fourth-order valence-electron chi connectivity index (χ4n) is 2.86. The molecule has 3 aromatic carbocycles. The van der Waals surface area contributed by atoms with E-state index in [2.05, 4.69) is 10.0 Å². The summed E-state index contributed by atoms with van der Waals surface area (Å²) in [6.07, 6.45) is 0.0408. The molecule has 10 heteroatoms. The van der Waals surface area contributed by atoms with E-state index in [1.807, 2.05) is 0 Å². The van der Waals surface area contributed by atoms with E-state index in [9.17, 15) is 18.0 Å². The molecule has 0 aliphatic rings. The first-order valence-electron chi connectivity index (χ1n) is 9.82. The number of carboxylic acid groups (broad SMARTS) is 1. The van der Waals surface area contributed by atoms with Gasteiger partial charge in [-0.1, -0.05) is 35.9 Å². The molecule has 0 saturated carbocycles. The van der Waals surface area contributed by atoms with Crippen LogP contribution in [0.1, 0.15) is 22.3 Å². The summed E-state index contributed by atoms with van der Waals surface area (Å²) in [5.41, 5.74) is 1.58. The molecule has 0 spiro atoms. The van der Waals surface area contributed by atoms with Gasteiger partial charge in [-0.2, -0.15) is 11.8 Å². The third-order valence-corrected chi connectivity index (χ3v) is 7.10. The number of benzene rings is 3. The zero-order valence-electron chi connectivity index (χ0n) is 17.3. The van der Waals surface area contributed by atoms with E-state index in [1.165, 1.54) is 36.0 Å². The van der Waals surface area contributed by atoms with Crippen molar-refractivity contribution >= 4 is 56.6 Å². The molecule has 0 unspecified atom stereocenters. The van der Waals surface area contributed by atoms with Crippen molar-refractivity contribution in [2.24, 2.45) is 0 Å². The number of halogens is 1. The highest BCUT2D eigenvalue weighted by molar-refractivity contribution is 7.98. The molecule has 3 N–H and O–H groups in total. The summed E-state index contributed by atoms with van der Waals surface area (Å²) in [6, 6.07) is 19.3. The fourth-order valence-corrected chi connectivity index (χ4v) is 5.01. The van der Waals surface area contributed by atoms with Crippen LogP contribution in [0.3, 0.4) is 0 Å². The van der Waals surface area contributed by atoms with Gasteiger partial charge in [0, 0.05) is 22.2 Å². The van der Waals surface area contributed by atoms with E-state index in [4.69, 9.17) is 16.7 Å². The molecule has 0 aliphatic heterocycles. The predicted molar refractivity (Wildman–Crippen MR) is 132 cm³/mol. The smallest absolute Gasteiger partial charge is 0.304 e. The number of thioether (sulfide) groups is 1. The molecule has 3 aromatic rings. The molecule has 0 fully saturated rings.